The second kappa shape index (κ2) is 10.6. The monoisotopic (exact) mass is 456 g/mol. The van der Waals surface area contributed by atoms with E-state index in [4.69, 9.17) is 9.84 Å². The van der Waals surface area contributed by atoms with Gasteiger partial charge in [0, 0.05) is 16.7 Å². The predicted octanol–water partition coefficient (Wildman–Crippen LogP) is 2.62. The molecule has 4 aromatic rings. The Morgan fingerprint density at radius 2 is 1.74 bits per heavy atom. The summed E-state index contributed by atoms with van der Waals surface area (Å²) < 4.78 is 5.21. The number of para-hydroxylation sites is 1. The number of carbonyl (C=O) groups is 2. The van der Waals surface area contributed by atoms with Crippen LogP contribution in [0, 0.1) is 0 Å². The van der Waals surface area contributed by atoms with E-state index in [1.165, 1.54) is 11.0 Å². The lowest BCUT2D eigenvalue weighted by atomic mass is 10.1. The van der Waals surface area contributed by atoms with Gasteiger partial charge in [0.1, 0.15) is 5.75 Å². The zero-order valence-corrected chi connectivity index (χ0v) is 17.9. The SMILES string of the molecule is O=C(O)COc1ccccc1/C=N\NC(=O)c1ccc(Cn2nnc(-c3ccccc3)n2)cc1. The van der Waals surface area contributed by atoms with Crippen molar-refractivity contribution < 1.29 is 19.4 Å². The van der Waals surface area contributed by atoms with Gasteiger partial charge in [0.15, 0.2) is 6.61 Å². The normalized spacial score (nSPS) is 10.8. The second-order valence-corrected chi connectivity index (χ2v) is 7.13. The van der Waals surface area contributed by atoms with Gasteiger partial charge < -0.3 is 9.84 Å². The second-order valence-electron chi connectivity index (χ2n) is 7.13. The van der Waals surface area contributed by atoms with Crippen molar-refractivity contribution in [2.45, 2.75) is 6.54 Å². The molecule has 0 fully saturated rings. The van der Waals surface area contributed by atoms with Crippen LogP contribution in [0.3, 0.4) is 0 Å². The number of carboxylic acid groups (broad SMARTS) is 1. The molecule has 34 heavy (non-hydrogen) atoms. The van der Waals surface area contributed by atoms with Crippen molar-refractivity contribution in [1.82, 2.24) is 25.6 Å². The van der Waals surface area contributed by atoms with Crippen molar-refractivity contribution in [1.29, 1.82) is 0 Å². The molecule has 170 valence electrons. The number of hydrogen-bond donors (Lipinski definition) is 2. The molecule has 0 spiro atoms. The zero-order valence-electron chi connectivity index (χ0n) is 17.9. The molecule has 1 aromatic heterocycles. The van der Waals surface area contributed by atoms with E-state index in [1.54, 1.807) is 48.5 Å². The molecule has 2 N–H and O–H groups in total. The van der Waals surface area contributed by atoms with Gasteiger partial charge in [-0.25, -0.2) is 10.2 Å². The molecular weight excluding hydrogens is 436 g/mol. The lowest BCUT2D eigenvalue weighted by molar-refractivity contribution is -0.139. The highest BCUT2D eigenvalue weighted by Gasteiger charge is 2.08. The molecule has 1 heterocycles. The number of ether oxygens (including phenoxy) is 1. The van der Waals surface area contributed by atoms with Crippen LogP contribution < -0.4 is 10.2 Å². The molecule has 3 aromatic carbocycles. The third kappa shape index (κ3) is 5.88. The van der Waals surface area contributed by atoms with Crippen LogP contribution in [0.2, 0.25) is 0 Å². The lowest BCUT2D eigenvalue weighted by Crippen LogP contribution is -2.18. The van der Waals surface area contributed by atoms with Crippen LogP contribution in [-0.4, -0.2) is 50.0 Å². The first-order chi connectivity index (χ1) is 16.6. The number of nitrogens with one attached hydrogen (secondary N) is 1. The molecule has 0 bridgehead atoms. The summed E-state index contributed by atoms with van der Waals surface area (Å²) in [5.41, 5.74) is 5.20. The van der Waals surface area contributed by atoms with Gasteiger partial charge in [-0.05, 0) is 35.0 Å². The van der Waals surface area contributed by atoms with Crippen molar-refractivity contribution >= 4 is 18.1 Å². The number of aliphatic carboxylic acids is 1. The van der Waals surface area contributed by atoms with Gasteiger partial charge in [0.2, 0.25) is 5.82 Å². The van der Waals surface area contributed by atoms with Gasteiger partial charge in [-0.15, -0.1) is 10.2 Å². The van der Waals surface area contributed by atoms with E-state index in [2.05, 4.69) is 25.9 Å². The van der Waals surface area contributed by atoms with E-state index in [1.807, 2.05) is 30.3 Å². The molecule has 0 atom stereocenters. The Morgan fingerprint density at radius 3 is 2.50 bits per heavy atom. The third-order valence-corrected chi connectivity index (χ3v) is 4.66. The van der Waals surface area contributed by atoms with Crippen molar-refractivity contribution in [3.05, 3.63) is 95.6 Å². The zero-order chi connectivity index (χ0) is 23.8. The maximum atomic E-state index is 12.4. The van der Waals surface area contributed by atoms with Crippen LogP contribution in [0.25, 0.3) is 11.4 Å². The topological polar surface area (TPSA) is 132 Å². The highest BCUT2D eigenvalue weighted by molar-refractivity contribution is 5.95. The molecule has 1 amide bonds. The molecule has 0 aliphatic rings. The summed E-state index contributed by atoms with van der Waals surface area (Å²) >= 11 is 0. The summed E-state index contributed by atoms with van der Waals surface area (Å²) in [6, 6.07) is 23.3. The quantitative estimate of drug-likeness (QED) is 0.292. The fourth-order valence-electron chi connectivity index (χ4n) is 3.02. The van der Waals surface area contributed by atoms with E-state index < -0.39 is 18.5 Å². The van der Waals surface area contributed by atoms with Gasteiger partial charge in [-0.1, -0.05) is 54.6 Å². The van der Waals surface area contributed by atoms with E-state index in [0.717, 1.165) is 11.1 Å². The van der Waals surface area contributed by atoms with Gasteiger partial charge >= 0.3 is 5.97 Å². The fourth-order valence-corrected chi connectivity index (χ4v) is 3.02. The summed E-state index contributed by atoms with van der Waals surface area (Å²) in [5, 5.41) is 25.2. The van der Waals surface area contributed by atoms with E-state index in [0.29, 0.717) is 29.2 Å². The minimum absolute atomic E-state index is 0.351. The molecule has 0 saturated heterocycles. The number of amides is 1. The predicted molar refractivity (Wildman–Crippen MR) is 123 cm³/mol. The number of benzene rings is 3. The maximum Gasteiger partial charge on any atom is 0.341 e. The minimum Gasteiger partial charge on any atom is -0.481 e. The van der Waals surface area contributed by atoms with Crippen LogP contribution in [0.1, 0.15) is 21.5 Å². The van der Waals surface area contributed by atoms with Gasteiger partial charge in [0.05, 0.1) is 12.8 Å². The van der Waals surface area contributed by atoms with E-state index in [9.17, 15) is 9.59 Å². The lowest BCUT2D eigenvalue weighted by Gasteiger charge is -2.06. The average Bonchev–Trinajstić information content (AvgIpc) is 3.33. The Balaban J connectivity index is 1.34. The van der Waals surface area contributed by atoms with Gasteiger partial charge in [-0.3, -0.25) is 4.79 Å². The van der Waals surface area contributed by atoms with E-state index in [-0.39, 0.29) is 0 Å². The standard InChI is InChI=1S/C24H20N6O4/c31-22(32)16-34-21-9-5-4-8-20(21)14-25-27-24(33)19-12-10-17(11-13-19)15-30-28-23(26-29-30)18-6-2-1-3-7-18/h1-14H,15-16H2,(H,27,33)(H,31,32)/b25-14-. The molecule has 0 unspecified atom stereocenters. The Bertz CT molecular complexity index is 1300. The highest BCUT2D eigenvalue weighted by atomic mass is 16.5. The van der Waals surface area contributed by atoms with Crippen molar-refractivity contribution in [3.63, 3.8) is 0 Å². The number of rotatable bonds is 9. The first-order valence-electron chi connectivity index (χ1n) is 10.3. The number of carbonyl (C=O) groups excluding carboxylic acids is 1. The first-order valence-corrected chi connectivity index (χ1v) is 10.3. The van der Waals surface area contributed by atoms with Crippen molar-refractivity contribution in [2.75, 3.05) is 6.61 Å². The summed E-state index contributed by atoms with van der Waals surface area (Å²) in [7, 11) is 0. The number of aromatic nitrogens is 4. The Hall–Kier alpha value is -4.86. The smallest absolute Gasteiger partial charge is 0.341 e. The van der Waals surface area contributed by atoms with Crippen LogP contribution in [-0.2, 0) is 11.3 Å². The third-order valence-electron chi connectivity index (χ3n) is 4.66. The van der Waals surface area contributed by atoms with E-state index >= 15 is 0 Å². The average molecular weight is 456 g/mol. The van der Waals surface area contributed by atoms with Gasteiger partial charge in [0.25, 0.3) is 5.91 Å². The number of hydrogen-bond acceptors (Lipinski definition) is 7. The molecular formula is C24H20N6O4. The first kappa shape index (κ1) is 22.3. The Kier molecular flexibility index (Phi) is 6.99. The summed E-state index contributed by atoms with van der Waals surface area (Å²) in [6.07, 6.45) is 1.39. The number of nitrogens with zero attached hydrogens (tertiary/aromatic N) is 5. The van der Waals surface area contributed by atoms with Crippen LogP contribution in [0.4, 0.5) is 0 Å². The molecule has 0 aliphatic carbocycles. The number of carboxylic acids is 1. The minimum atomic E-state index is -1.08. The largest absolute Gasteiger partial charge is 0.481 e. The van der Waals surface area contributed by atoms with Crippen LogP contribution in [0.15, 0.2) is 84.0 Å². The summed E-state index contributed by atoms with van der Waals surface area (Å²) in [5.74, 6) is -0.578. The highest BCUT2D eigenvalue weighted by Crippen LogP contribution is 2.16. The molecule has 0 aliphatic heterocycles. The Labute approximate surface area is 194 Å². The number of hydrazone groups is 1. The maximum absolute atomic E-state index is 12.4. The summed E-state index contributed by atoms with van der Waals surface area (Å²) in [6.45, 7) is -0.0613. The summed E-state index contributed by atoms with van der Waals surface area (Å²) in [4.78, 5) is 24.6. The van der Waals surface area contributed by atoms with Crippen LogP contribution in [0.5, 0.6) is 5.75 Å². The van der Waals surface area contributed by atoms with Crippen molar-refractivity contribution in [3.8, 4) is 17.1 Å². The van der Waals surface area contributed by atoms with Crippen molar-refractivity contribution in [2.24, 2.45) is 5.10 Å². The molecule has 10 nitrogen and oxygen atoms in total. The Morgan fingerprint density at radius 1 is 1.00 bits per heavy atom. The van der Waals surface area contributed by atoms with Gasteiger partial charge in [-0.2, -0.15) is 9.90 Å². The molecule has 10 heteroatoms. The molecule has 0 radical (unpaired) electrons. The fraction of sp³-hybridized carbons (Fsp3) is 0.0833. The molecule has 4 rings (SSSR count). The van der Waals surface area contributed by atoms with Crippen LogP contribution >= 0.6 is 0 Å². The number of tetrazole rings is 1. The molecule has 0 saturated carbocycles.